The summed E-state index contributed by atoms with van der Waals surface area (Å²) in [5.74, 6) is -0.336. The molecule has 1 aromatic carbocycles. The van der Waals surface area contributed by atoms with Crippen LogP contribution in [0.2, 0.25) is 0 Å². The molecular weight excluding hydrogens is 262 g/mol. The van der Waals surface area contributed by atoms with Crippen molar-refractivity contribution in [3.8, 4) is 0 Å². The molecule has 0 aliphatic heterocycles. The number of unbranched alkanes of at least 4 members (excludes halogenated alkanes) is 2. The van der Waals surface area contributed by atoms with Crippen LogP contribution in [-0.4, -0.2) is 11.7 Å². The van der Waals surface area contributed by atoms with Gasteiger partial charge in [-0.1, -0.05) is 32.8 Å². The topological polar surface area (TPSA) is 46.2 Å². The van der Waals surface area contributed by atoms with E-state index < -0.39 is 0 Å². The van der Waals surface area contributed by atoms with Crippen LogP contribution in [0.15, 0.2) is 18.2 Å². The predicted molar refractivity (Wildman–Crippen MR) is 87.6 cm³/mol. The van der Waals surface area contributed by atoms with Crippen molar-refractivity contribution in [3.63, 3.8) is 0 Å². The maximum atomic E-state index is 11.7. The number of nitrogens with one attached hydrogen (secondary N) is 1. The molecule has 1 aromatic rings. The van der Waals surface area contributed by atoms with Crippen LogP contribution in [0.25, 0.3) is 0 Å². The minimum absolute atomic E-state index is 0.0521. The van der Waals surface area contributed by atoms with Gasteiger partial charge in [0, 0.05) is 5.69 Å². The number of Topliss-reactive ketones (excluding diaryl/α,β-unsaturated/α-hetero) is 1. The number of benzene rings is 1. The van der Waals surface area contributed by atoms with Crippen LogP contribution in [0, 0.1) is 0 Å². The summed E-state index contributed by atoms with van der Waals surface area (Å²) in [5, 5.41) is 2.85. The van der Waals surface area contributed by atoms with Gasteiger partial charge >= 0.3 is 0 Å². The summed E-state index contributed by atoms with van der Waals surface area (Å²) in [6, 6.07) is 6.30. The predicted octanol–water partition coefficient (Wildman–Crippen LogP) is 4.29. The fourth-order valence-corrected chi connectivity index (χ4v) is 2.32. The fraction of sp³-hybridized carbons (Fsp3) is 0.556. The third-order valence-electron chi connectivity index (χ3n) is 3.38. The van der Waals surface area contributed by atoms with Crippen molar-refractivity contribution in [3.05, 3.63) is 29.3 Å². The number of hydrogen-bond donors (Lipinski definition) is 1. The van der Waals surface area contributed by atoms with Crippen LogP contribution >= 0.6 is 0 Å². The third kappa shape index (κ3) is 7.07. The Labute approximate surface area is 128 Å². The molecule has 0 heterocycles. The number of aryl methyl sites for hydroxylation is 2. The van der Waals surface area contributed by atoms with Crippen molar-refractivity contribution in [1.82, 2.24) is 0 Å². The van der Waals surface area contributed by atoms with Crippen LogP contribution in [0.4, 0.5) is 5.69 Å². The van der Waals surface area contributed by atoms with Gasteiger partial charge in [-0.15, -0.1) is 0 Å². The minimum Gasteiger partial charge on any atom is -0.326 e. The number of hydrogen-bond acceptors (Lipinski definition) is 2. The maximum Gasteiger partial charge on any atom is 0.231 e. The molecule has 0 aliphatic rings. The van der Waals surface area contributed by atoms with Gasteiger partial charge in [0.25, 0.3) is 0 Å². The number of anilines is 1. The molecule has 0 radical (unpaired) electrons. The summed E-state index contributed by atoms with van der Waals surface area (Å²) in [4.78, 5) is 22.7. The lowest BCUT2D eigenvalue weighted by Gasteiger charge is -2.11. The Bertz CT molecular complexity index is 454. The molecule has 3 heteroatoms. The summed E-state index contributed by atoms with van der Waals surface area (Å²) in [6.07, 6.45) is 6.63. The molecule has 21 heavy (non-hydrogen) atoms. The monoisotopic (exact) mass is 289 g/mol. The average molecular weight is 289 g/mol. The molecule has 0 atom stereocenters. The van der Waals surface area contributed by atoms with Crippen LogP contribution in [0.1, 0.15) is 64.0 Å². The van der Waals surface area contributed by atoms with E-state index in [4.69, 9.17) is 0 Å². The van der Waals surface area contributed by atoms with E-state index in [0.717, 1.165) is 44.2 Å². The highest BCUT2D eigenvalue weighted by Gasteiger charge is 2.07. The number of amides is 1. The molecule has 0 unspecified atom stereocenters. The van der Waals surface area contributed by atoms with Crippen LogP contribution in [0.5, 0.6) is 0 Å². The second-order valence-electron chi connectivity index (χ2n) is 5.67. The van der Waals surface area contributed by atoms with Crippen molar-refractivity contribution < 1.29 is 9.59 Å². The van der Waals surface area contributed by atoms with E-state index in [0.29, 0.717) is 0 Å². The van der Waals surface area contributed by atoms with Crippen LogP contribution in [-0.2, 0) is 22.4 Å². The summed E-state index contributed by atoms with van der Waals surface area (Å²) in [5.41, 5.74) is 3.35. The zero-order valence-corrected chi connectivity index (χ0v) is 13.5. The van der Waals surface area contributed by atoms with Gasteiger partial charge in [0.1, 0.15) is 5.78 Å². The number of rotatable bonds is 9. The standard InChI is InChI=1S/C18H27NO2/c1-4-6-8-15-11-16(9-7-5-2)13-17(12-15)19-18(21)10-14(3)20/h11-13H,4-10H2,1-3H3,(H,19,21). The summed E-state index contributed by atoms with van der Waals surface area (Å²) >= 11 is 0. The van der Waals surface area contributed by atoms with Gasteiger partial charge in [-0.2, -0.15) is 0 Å². The molecule has 116 valence electrons. The van der Waals surface area contributed by atoms with E-state index in [1.165, 1.54) is 18.1 Å². The Hall–Kier alpha value is -1.64. The first kappa shape index (κ1) is 17.4. The van der Waals surface area contributed by atoms with Gasteiger partial charge < -0.3 is 5.32 Å². The van der Waals surface area contributed by atoms with E-state index in [1.807, 2.05) is 12.1 Å². The molecule has 0 saturated carbocycles. The van der Waals surface area contributed by atoms with Gasteiger partial charge in [-0.3, -0.25) is 9.59 Å². The summed E-state index contributed by atoms with van der Waals surface area (Å²) in [6.45, 7) is 5.79. The Morgan fingerprint density at radius 1 is 0.952 bits per heavy atom. The Kier molecular flexibility index (Phi) is 7.73. The molecule has 0 saturated heterocycles. The first-order valence-corrected chi connectivity index (χ1v) is 7.97. The first-order valence-electron chi connectivity index (χ1n) is 7.97. The highest BCUT2D eigenvalue weighted by Crippen LogP contribution is 2.19. The molecule has 0 aromatic heterocycles. The molecule has 0 aliphatic carbocycles. The van der Waals surface area contributed by atoms with Crippen LogP contribution in [0.3, 0.4) is 0 Å². The highest BCUT2D eigenvalue weighted by atomic mass is 16.2. The maximum absolute atomic E-state index is 11.7. The lowest BCUT2D eigenvalue weighted by Crippen LogP contribution is -2.15. The zero-order valence-electron chi connectivity index (χ0n) is 13.5. The number of carbonyl (C=O) groups excluding carboxylic acids is 2. The lowest BCUT2D eigenvalue weighted by molar-refractivity contribution is -0.124. The Morgan fingerprint density at radius 2 is 1.48 bits per heavy atom. The Morgan fingerprint density at radius 3 is 1.90 bits per heavy atom. The molecular formula is C18H27NO2. The second kappa shape index (κ2) is 9.32. The van der Waals surface area contributed by atoms with E-state index in [2.05, 4.69) is 25.2 Å². The minimum atomic E-state index is -0.225. The lowest BCUT2D eigenvalue weighted by atomic mass is 10.0. The largest absolute Gasteiger partial charge is 0.326 e. The zero-order chi connectivity index (χ0) is 15.7. The third-order valence-corrected chi connectivity index (χ3v) is 3.38. The van der Waals surface area contributed by atoms with Gasteiger partial charge in [-0.05, 0) is 55.9 Å². The fourth-order valence-electron chi connectivity index (χ4n) is 2.32. The van der Waals surface area contributed by atoms with Gasteiger partial charge in [0.2, 0.25) is 5.91 Å². The second-order valence-corrected chi connectivity index (χ2v) is 5.67. The normalized spacial score (nSPS) is 10.4. The van der Waals surface area contributed by atoms with Gasteiger partial charge in [0.05, 0.1) is 6.42 Å². The Balaban J connectivity index is 2.84. The SMILES string of the molecule is CCCCc1cc(CCCC)cc(NC(=O)CC(C)=O)c1. The van der Waals surface area contributed by atoms with Gasteiger partial charge in [0.15, 0.2) is 0 Å². The van der Waals surface area contributed by atoms with Crippen molar-refractivity contribution in [2.45, 2.75) is 65.7 Å². The average Bonchev–Trinajstić information content (AvgIpc) is 2.41. The molecule has 1 amide bonds. The first-order chi connectivity index (χ1) is 10.0. The number of ketones is 1. The molecule has 1 N–H and O–H groups in total. The molecule has 0 spiro atoms. The van der Waals surface area contributed by atoms with Crippen molar-refractivity contribution >= 4 is 17.4 Å². The van der Waals surface area contributed by atoms with E-state index >= 15 is 0 Å². The van der Waals surface area contributed by atoms with Gasteiger partial charge in [-0.25, -0.2) is 0 Å². The highest BCUT2D eigenvalue weighted by molar-refractivity contribution is 6.03. The molecule has 1 rings (SSSR count). The molecule has 0 bridgehead atoms. The van der Waals surface area contributed by atoms with Crippen molar-refractivity contribution in [1.29, 1.82) is 0 Å². The summed E-state index contributed by atoms with van der Waals surface area (Å²) in [7, 11) is 0. The molecule has 0 fully saturated rings. The van der Waals surface area contributed by atoms with E-state index in [9.17, 15) is 9.59 Å². The van der Waals surface area contributed by atoms with Crippen molar-refractivity contribution in [2.75, 3.05) is 5.32 Å². The number of carbonyl (C=O) groups is 2. The quantitative estimate of drug-likeness (QED) is 0.689. The van der Waals surface area contributed by atoms with E-state index in [-0.39, 0.29) is 18.1 Å². The van der Waals surface area contributed by atoms with E-state index in [1.54, 1.807) is 0 Å². The smallest absolute Gasteiger partial charge is 0.231 e. The molecule has 3 nitrogen and oxygen atoms in total. The van der Waals surface area contributed by atoms with Crippen LogP contribution < -0.4 is 5.32 Å². The summed E-state index contributed by atoms with van der Waals surface area (Å²) < 4.78 is 0. The van der Waals surface area contributed by atoms with Crippen molar-refractivity contribution in [2.24, 2.45) is 0 Å².